The lowest BCUT2D eigenvalue weighted by atomic mass is 9.97. The van der Waals surface area contributed by atoms with Crippen molar-refractivity contribution in [2.45, 2.75) is 0 Å². The van der Waals surface area contributed by atoms with Crippen molar-refractivity contribution in [2.24, 2.45) is 0 Å². The Morgan fingerprint density at radius 1 is 0.405 bits per heavy atom. The molecule has 9 rings (SSSR count). The van der Waals surface area contributed by atoms with Gasteiger partial charge in [-0.2, -0.15) is 0 Å². The largest absolute Gasteiger partial charge is 0.143 e. The average Bonchev–Trinajstić information content (AvgIpc) is 3.74. The molecule has 174 valence electrons. The second-order valence-electron chi connectivity index (χ2n) is 9.31. The standard InChI is InChI=1S/C32H16S5/c1-3-7-25-17(5-1)23(15-35-25)21-13-27-29(31-19(21)9-11-33-31)30-28(37-27)14-22(20-10-12-34-32(20)30)24-16-36-26-8-4-2-6-18(24)26/h1-16H. The molecule has 0 atom stereocenters. The summed E-state index contributed by atoms with van der Waals surface area (Å²) in [7, 11) is 0. The monoisotopic (exact) mass is 560 g/mol. The molecule has 0 amide bonds. The topological polar surface area (TPSA) is 0 Å². The predicted molar refractivity (Wildman–Crippen MR) is 172 cm³/mol. The first-order valence-corrected chi connectivity index (χ1v) is 16.4. The van der Waals surface area contributed by atoms with Crippen LogP contribution in [0.5, 0.6) is 0 Å². The van der Waals surface area contributed by atoms with E-state index in [1.54, 1.807) is 0 Å². The number of thiophene rings is 5. The molecule has 0 spiro atoms. The molecule has 0 saturated heterocycles. The Balaban J connectivity index is 1.40. The number of fused-ring (bicyclic) bond motifs is 9. The fourth-order valence-electron chi connectivity index (χ4n) is 5.79. The van der Waals surface area contributed by atoms with E-state index in [2.05, 4.69) is 94.3 Å². The number of rotatable bonds is 2. The minimum Gasteiger partial charge on any atom is -0.143 e. The SMILES string of the molecule is c1ccc2c(-c3cc4sc5cc(-c6csc7ccccc67)c6ccsc6c5c4c4sccc34)csc2c1. The summed E-state index contributed by atoms with van der Waals surface area (Å²) >= 11 is 9.41. The van der Waals surface area contributed by atoms with Crippen molar-refractivity contribution in [3.63, 3.8) is 0 Å². The second kappa shape index (κ2) is 7.73. The molecular formula is C32H16S5. The molecule has 0 aliphatic heterocycles. The molecular weight excluding hydrogens is 545 g/mol. The smallest absolute Gasteiger partial charge is 0.0442 e. The van der Waals surface area contributed by atoms with Crippen molar-refractivity contribution in [3.05, 3.63) is 94.3 Å². The Morgan fingerprint density at radius 3 is 1.41 bits per heavy atom. The van der Waals surface area contributed by atoms with Gasteiger partial charge in [0.05, 0.1) is 0 Å². The van der Waals surface area contributed by atoms with Crippen LogP contribution in [0, 0.1) is 0 Å². The number of hydrogen-bond donors (Lipinski definition) is 0. The van der Waals surface area contributed by atoms with Crippen molar-refractivity contribution in [1.29, 1.82) is 0 Å². The highest BCUT2D eigenvalue weighted by molar-refractivity contribution is 7.29. The van der Waals surface area contributed by atoms with Crippen LogP contribution in [0.25, 0.3) is 82.8 Å². The van der Waals surface area contributed by atoms with Gasteiger partial charge in [-0.1, -0.05) is 36.4 Å². The van der Waals surface area contributed by atoms with E-state index >= 15 is 0 Å². The van der Waals surface area contributed by atoms with Crippen molar-refractivity contribution < 1.29 is 0 Å². The lowest BCUT2D eigenvalue weighted by molar-refractivity contribution is 1.82. The van der Waals surface area contributed by atoms with Crippen LogP contribution in [-0.2, 0) is 0 Å². The fraction of sp³-hybridized carbons (Fsp3) is 0. The van der Waals surface area contributed by atoms with Gasteiger partial charge >= 0.3 is 0 Å². The van der Waals surface area contributed by atoms with Crippen molar-refractivity contribution in [3.8, 4) is 22.3 Å². The van der Waals surface area contributed by atoms with E-state index < -0.39 is 0 Å². The summed E-state index contributed by atoms with van der Waals surface area (Å²) in [6.07, 6.45) is 0. The molecule has 4 aromatic carbocycles. The average molecular weight is 561 g/mol. The summed E-state index contributed by atoms with van der Waals surface area (Å²) in [6.45, 7) is 0. The molecule has 0 saturated carbocycles. The fourth-order valence-corrected chi connectivity index (χ4v) is 11.0. The maximum Gasteiger partial charge on any atom is 0.0442 e. The normalized spacial score (nSPS) is 12.3. The van der Waals surface area contributed by atoms with Gasteiger partial charge in [-0.3, -0.25) is 0 Å². The first-order chi connectivity index (χ1) is 18.3. The molecule has 0 aliphatic carbocycles. The molecule has 0 bridgehead atoms. The van der Waals surface area contributed by atoms with Crippen LogP contribution in [0.3, 0.4) is 0 Å². The molecule has 0 unspecified atom stereocenters. The molecule has 0 aliphatic rings. The molecule has 5 heteroatoms. The lowest BCUT2D eigenvalue weighted by Gasteiger charge is -2.07. The van der Waals surface area contributed by atoms with E-state index in [4.69, 9.17) is 0 Å². The Hall–Kier alpha value is -3.06. The van der Waals surface area contributed by atoms with Crippen LogP contribution in [-0.4, -0.2) is 0 Å². The van der Waals surface area contributed by atoms with Crippen LogP contribution in [0.2, 0.25) is 0 Å². The summed E-state index contributed by atoms with van der Waals surface area (Å²) < 4.78 is 8.31. The summed E-state index contributed by atoms with van der Waals surface area (Å²) in [6, 6.07) is 27.1. The van der Waals surface area contributed by atoms with Gasteiger partial charge in [0.1, 0.15) is 0 Å². The third-order valence-electron chi connectivity index (χ3n) is 7.42. The van der Waals surface area contributed by atoms with E-state index in [1.165, 1.54) is 82.8 Å². The van der Waals surface area contributed by atoms with Gasteiger partial charge in [0, 0.05) is 71.6 Å². The summed E-state index contributed by atoms with van der Waals surface area (Å²) in [5.41, 5.74) is 5.43. The summed E-state index contributed by atoms with van der Waals surface area (Å²) in [5, 5.41) is 17.5. The zero-order chi connectivity index (χ0) is 24.1. The van der Waals surface area contributed by atoms with E-state index in [1.807, 2.05) is 56.7 Å². The van der Waals surface area contributed by atoms with Crippen molar-refractivity contribution in [1.82, 2.24) is 0 Å². The summed E-state index contributed by atoms with van der Waals surface area (Å²) in [5.74, 6) is 0. The molecule has 0 radical (unpaired) electrons. The minimum atomic E-state index is 1.35. The van der Waals surface area contributed by atoms with Crippen LogP contribution in [0.15, 0.2) is 94.3 Å². The van der Waals surface area contributed by atoms with Gasteiger partial charge < -0.3 is 0 Å². The third kappa shape index (κ3) is 2.86. The molecule has 0 fully saturated rings. The van der Waals surface area contributed by atoms with Gasteiger partial charge in [0.2, 0.25) is 0 Å². The van der Waals surface area contributed by atoms with E-state index in [0.29, 0.717) is 0 Å². The van der Waals surface area contributed by atoms with Crippen LogP contribution >= 0.6 is 56.7 Å². The molecule has 0 nitrogen and oxygen atoms in total. The first-order valence-electron chi connectivity index (χ1n) is 12.0. The Kier molecular flexibility index (Phi) is 4.37. The second-order valence-corrected chi connectivity index (χ2v) is 14.1. The molecule has 9 aromatic rings. The molecule has 37 heavy (non-hydrogen) atoms. The quantitative estimate of drug-likeness (QED) is 0.197. The molecule has 5 aromatic heterocycles. The Labute approximate surface area is 232 Å². The highest BCUT2D eigenvalue weighted by atomic mass is 32.1. The van der Waals surface area contributed by atoms with Crippen LogP contribution in [0.1, 0.15) is 0 Å². The van der Waals surface area contributed by atoms with Gasteiger partial charge in [0.15, 0.2) is 0 Å². The highest BCUT2D eigenvalue weighted by Crippen LogP contribution is 2.51. The maximum absolute atomic E-state index is 2.46. The molecule has 5 heterocycles. The van der Waals surface area contributed by atoms with E-state index in [0.717, 1.165) is 0 Å². The Bertz CT molecular complexity index is 2150. The van der Waals surface area contributed by atoms with Gasteiger partial charge in [-0.15, -0.1) is 56.7 Å². The molecule has 0 N–H and O–H groups in total. The van der Waals surface area contributed by atoms with Crippen LogP contribution in [0.4, 0.5) is 0 Å². The lowest BCUT2D eigenvalue weighted by Crippen LogP contribution is -1.80. The number of hydrogen-bond acceptors (Lipinski definition) is 5. The number of benzene rings is 4. The minimum absolute atomic E-state index is 1.35. The van der Waals surface area contributed by atoms with Gasteiger partial charge in [0.25, 0.3) is 0 Å². The maximum atomic E-state index is 2.46. The van der Waals surface area contributed by atoms with Crippen molar-refractivity contribution in [2.75, 3.05) is 0 Å². The zero-order valence-electron chi connectivity index (χ0n) is 19.3. The third-order valence-corrected chi connectivity index (χ3v) is 12.3. The first kappa shape index (κ1) is 20.9. The Morgan fingerprint density at radius 2 is 0.892 bits per heavy atom. The van der Waals surface area contributed by atoms with E-state index in [-0.39, 0.29) is 0 Å². The van der Waals surface area contributed by atoms with Gasteiger partial charge in [-0.25, -0.2) is 0 Å². The van der Waals surface area contributed by atoms with Gasteiger partial charge in [-0.05, 0) is 69.0 Å². The van der Waals surface area contributed by atoms with Crippen molar-refractivity contribution >= 4 is 117 Å². The van der Waals surface area contributed by atoms with Crippen LogP contribution < -0.4 is 0 Å². The zero-order valence-corrected chi connectivity index (χ0v) is 23.4. The highest BCUT2D eigenvalue weighted by Gasteiger charge is 2.21. The summed E-state index contributed by atoms with van der Waals surface area (Å²) in [4.78, 5) is 0. The van der Waals surface area contributed by atoms with E-state index in [9.17, 15) is 0 Å². The predicted octanol–water partition coefficient (Wildman–Crippen LogP) is 12.2.